The van der Waals surface area contributed by atoms with Gasteiger partial charge in [0.25, 0.3) is 0 Å². The standard InChI is InChI=1S/C13H26N2O/c1-12(2)11-15(9-10-16-12)8-7-13(14)5-3-4-6-13/h3-11,14H2,1-2H3. The maximum absolute atomic E-state index is 6.39. The van der Waals surface area contributed by atoms with Crippen LogP contribution in [0.1, 0.15) is 46.0 Å². The number of hydrogen-bond acceptors (Lipinski definition) is 3. The Morgan fingerprint density at radius 1 is 1.25 bits per heavy atom. The minimum Gasteiger partial charge on any atom is -0.373 e. The van der Waals surface area contributed by atoms with E-state index in [0.717, 1.165) is 32.7 Å². The molecular weight excluding hydrogens is 200 g/mol. The van der Waals surface area contributed by atoms with Gasteiger partial charge in [-0.2, -0.15) is 0 Å². The molecule has 2 fully saturated rings. The summed E-state index contributed by atoms with van der Waals surface area (Å²) in [6.07, 6.45) is 6.25. The fourth-order valence-corrected chi connectivity index (χ4v) is 3.01. The van der Waals surface area contributed by atoms with E-state index >= 15 is 0 Å². The van der Waals surface area contributed by atoms with Gasteiger partial charge in [0, 0.05) is 25.2 Å². The molecule has 2 N–H and O–H groups in total. The molecule has 1 aliphatic heterocycles. The van der Waals surface area contributed by atoms with E-state index in [2.05, 4.69) is 18.7 Å². The van der Waals surface area contributed by atoms with Gasteiger partial charge in [0.1, 0.15) is 0 Å². The van der Waals surface area contributed by atoms with Crippen molar-refractivity contribution in [1.82, 2.24) is 4.90 Å². The van der Waals surface area contributed by atoms with Gasteiger partial charge < -0.3 is 10.5 Å². The van der Waals surface area contributed by atoms with Crippen LogP contribution in [0.2, 0.25) is 0 Å². The Kier molecular flexibility index (Phi) is 3.57. The van der Waals surface area contributed by atoms with Crippen LogP contribution in [-0.2, 0) is 4.74 Å². The first-order valence-corrected chi connectivity index (χ1v) is 6.64. The lowest BCUT2D eigenvalue weighted by Crippen LogP contribution is -2.50. The van der Waals surface area contributed by atoms with Crippen LogP contribution in [0.4, 0.5) is 0 Å². The summed E-state index contributed by atoms with van der Waals surface area (Å²) in [6, 6.07) is 0. The molecule has 1 heterocycles. The average molecular weight is 226 g/mol. The van der Waals surface area contributed by atoms with Crippen LogP contribution < -0.4 is 5.73 Å². The molecule has 1 saturated carbocycles. The Bertz CT molecular complexity index is 234. The molecule has 0 spiro atoms. The molecule has 1 saturated heterocycles. The lowest BCUT2D eigenvalue weighted by molar-refractivity contribution is -0.0870. The Hall–Kier alpha value is -0.120. The molecule has 3 nitrogen and oxygen atoms in total. The van der Waals surface area contributed by atoms with Gasteiger partial charge in [-0.3, -0.25) is 4.90 Å². The minimum atomic E-state index is 0.0235. The van der Waals surface area contributed by atoms with E-state index in [9.17, 15) is 0 Å². The minimum absolute atomic E-state index is 0.0235. The van der Waals surface area contributed by atoms with Gasteiger partial charge in [-0.25, -0.2) is 0 Å². The van der Waals surface area contributed by atoms with Gasteiger partial charge in [-0.1, -0.05) is 12.8 Å². The lowest BCUT2D eigenvalue weighted by atomic mass is 9.94. The van der Waals surface area contributed by atoms with E-state index in [4.69, 9.17) is 10.5 Å². The summed E-state index contributed by atoms with van der Waals surface area (Å²) in [7, 11) is 0. The molecule has 0 amide bonds. The maximum atomic E-state index is 6.39. The summed E-state index contributed by atoms with van der Waals surface area (Å²) in [5, 5.41) is 0. The second kappa shape index (κ2) is 4.63. The predicted octanol–water partition coefficient (Wildman–Crippen LogP) is 1.76. The highest BCUT2D eigenvalue weighted by molar-refractivity contribution is 4.90. The molecule has 0 aromatic rings. The van der Waals surface area contributed by atoms with Crippen LogP contribution in [-0.4, -0.2) is 42.3 Å². The summed E-state index contributed by atoms with van der Waals surface area (Å²) < 4.78 is 5.72. The Morgan fingerprint density at radius 2 is 1.94 bits per heavy atom. The molecule has 2 rings (SSSR count). The predicted molar refractivity (Wildman–Crippen MR) is 66.5 cm³/mol. The average Bonchev–Trinajstić information content (AvgIpc) is 2.62. The van der Waals surface area contributed by atoms with Crippen LogP contribution in [0.3, 0.4) is 0 Å². The molecule has 0 atom stereocenters. The Labute approximate surface area is 99.3 Å². The summed E-state index contributed by atoms with van der Waals surface area (Å²) in [5.41, 5.74) is 6.55. The SMILES string of the molecule is CC1(C)CN(CCC2(N)CCCC2)CCO1. The number of morpholine rings is 1. The van der Waals surface area contributed by atoms with Crippen LogP contribution in [0.25, 0.3) is 0 Å². The van der Waals surface area contributed by atoms with Crippen LogP contribution in [0, 0.1) is 0 Å². The number of hydrogen-bond donors (Lipinski definition) is 1. The van der Waals surface area contributed by atoms with Crippen molar-refractivity contribution in [3.05, 3.63) is 0 Å². The van der Waals surface area contributed by atoms with E-state index in [0.29, 0.717) is 0 Å². The van der Waals surface area contributed by atoms with Crippen LogP contribution in [0.5, 0.6) is 0 Å². The maximum Gasteiger partial charge on any atom is 0.0753 e. The fraction of sp³-hybridized carbons (Fsp3) is 1.00. The lowest BCUT2D eigenvalue weighted by Gasteiger charge is -2.39. The van der Waals surface area contributed by atoms with Crippen LogP contribution >= 0.6 is 0 Å². The van der Waals surface area contributed by atoms with E-state index in [1.54, 1.807) is 0 Å². The summed E-state index contributed by atoms with van der Waals surface area (Å²) >= 11 is 0. The van der Waals surface area contributed by atoms with Gasteiger partial charge in [-0.15, -0.1) is 0 Å². The van der Waals surface area contributed by atoms with Crippen molar-refractivity contribution < 1.29 is 4.74 Å². The van der Waals surface area contributed by atoms with E-state index < -0.39 is 0 Å². The van der Waals surface area contributed by atoms with Gasteiger partial charge in [0.2, 0.25) is 0 Å². The van der Waals surface area contributed by atoms with Gasteiger partial charge in [0.05, 0.1) is 12.2 Å². The summed E-state index contributed by atoms with van der Waals surface area (Å²) in [6.45, 7) is 8.47. The number of nitrogens with zero attached hydrogens (tertiary/aromatic N) is 1. The van der Waals surface area contributed by atoms with Crippen molar-refractivity contribution in [2.75, 3.05) is 26.2 Å². The smallest absolute Gasteiger partial charge is 0.0753 e. The van der Waals surface area contributed by atoms with Gasteiger partial charge in [0.15, 0.2) is 0 Å². The Morgan fingerprint density at radius 3 is 2.56 bits per heavy atom. The molecule has 1 aliphatic carbocycles. The third kappa shape index (κ3) is 3.19. The summed E-state index contributed by atoms with van der Waals surface area (Å²) in [4.78, 5) is 2.51. The highest BCUT2D eigenvalue weighted by Gasteiger charge is 2.32. The van der Waals surface area contributed by atoms with Gasteiger partial charge >= 0.3 is 0 Å². The van der Waals surface area contributed by atoms with Crippen molar-refractivity contribution in [2.24, 2.45) is 5.73 Å². The second-order valence-electron chi connectivity index (χ2n) is 6.20. The van der Waals surface area contributed by atoms with Gasteiger partial charge in [-0.05, 0) is 33.1 Å². The van der Waals surface area contributed by atoms with Crippen molar-refractivity contribution in [2.45, 2.75) is 57.1 Å². The van der Waals surface area contributed by atoms with Crippen molar-refractivity contribution >= 4 is 0 Å². The third-order valence-electron chi connectivity index (χ3n) is 4.03. The normalized spacial score (nSPS) is 29.4. The number of rotatable bonds is 3. The molecule has 2 aliphatic rings. The Balaban J connectivity index is 1.77. The van der Waals surface area contributed by atoms with E-state index in [1.807, 2.05) is 0 Å². The molecule has 3 heteroatoms. The highest BCUT2D eigenvalue weighted by Crippen LogP contribution is 2.30. The van der Waals surface area contributed by atoms with Crippen molar-refractivity contribution in [1.29, 1.82) is 0 Å². The zero-order valence-corrected chi connectivity index (χ0v) is 10.8. The first-order chi connectivity index (χ1) is 7.49. The topological polar surface area (TPSA) is 38.5 Å². The molecule has 0 radical (unpaired) electrons. The van der Waals surface area contributed by atoms with E-state index in [-0.39, 0.29) is 11.1 Å². The molecular formula is C13H26N2O. The first-order valence-electron chi connectivity index (χ1n) is 6.64. The monoisotopic (exact) mass is 226 g/mol. The number of nitrogens with two attached hydrogens (primary N) is 1. The van der Waals surface area contributed by atoms with Crippen LogP contribution in [0.15, 0.2) is 0 Å². The zero-order valence-electron chi connectivity index (χ0n) is 10.8. The first kappa shape index (κ1) is 12.3. The molecule has 0 bridgehead atoms. The molecule has 16 heavy (non-hydrogen) atoms. The molecule has 0 aromatic carbocycles. The quantitative estimate of drug-likeness (QED) is 0.797. The number of ether oxygens (including phenoxy) is 1. The largest absolute Gasteiger partial charge is 0.373 e. The third-order valence-corrected chi connectivity index (χ3v) is 4.03. The van der Waals surface area contributed by atoms with Crippen molar-refractivity contribution in [3.8, 4) is 0 Å². The van der Waals surface area contributed by atoms with E-state index in [1.165, 1.54) is 25.7 Å². The highest BCUT2D eigenvalue weighted by atomic mass is 16.5. The second-order valence-corrected chi connectivity index (χ2v) is 6.20. The molecule has 0 unspecified atom stereocenters. The van der Waals surface area contributed by atoms with Crippen molar-refractivity contribution in [3.63, 3.8) is 0 Å². The molecule has 0 aromatic heterocycles. The fourth-order valence-electron chi connectivity index (χ4n) is 3.01. The molecule has 94 valence electrons. The summed E-state index contributed by atoms with van der Waals surface area (Å²) in [5.74, 6) is 0. The zero-order chi connectivity index (χ0) is 11.6.